The highest BCUT2D eigenvalue weighted by molar-refractivity contribution is 5.19. The third-order valence-electron chi connectivity index (χ3n) is 3.38. The Balaban J connectivity index is 1.86. The molecule has 5 nitrogen and oxygen atoms in total. The SMILES string of the molecule is CNCc1nnc(NC2CCCC(C)CC2)o1. The van der Waals surface area contributed by atoms with Gasteiger partial charge >= 0.3 is 6.01 Å². The first-order chi connectivity index (χ1) is 8.28. The summed E-state index contributed by atoms with van der Waals surface area (Å²) in [5.74, 6) is 1.49. The average molecular weight is 238 g/mol. The topological polar surface area (TPSA) is 63.0 Å². The van der Waals surface area contributed by atoms with Crippen LogP contribution < -0.4 is 10.6 Å². The molecule has 0 aromatic carbocycles. The van der Waals surface area contributed by atoms with Crippen molar-refractivity contribution in [1.82, 2.24) is 15.5 Å². The number of nitrogens with one attached hydrogen (secondary N) is 2. The minimum Gasteiger partial charge on any atom is -0.407 e. The molecule has 1 heterocycles. The van der Waals surface area contributed by atoms with E-state index in [2.05, 4.69) is 27.8 Å². The molecule has 2 N–H and O–H groups in total. The molecule has 0 radical (unpaired) electrons. The zero-order chi connectivity index (χ0) is 12.1. The van der Waals surface area contributed by atoms with Crippen LogP contribution in [0.3, 0.4) is 0 Å². The number of anilines is 1. The molecule has 17 heavy (non-hydrogen) atoms. The van der Waals surface area contributed by atoms with Crippen molar-refractivity contribution >= 4 is 6.01 Å². The predicted molar refractivity (Wildman–Crippen MR) is 66.7 cm³/mol. The molecule has 0 amide bonds. The van der Waals surface area contributed by atoms with Crippen LogP contribution in [0.25, 0.3) is 0 Å². The highest BCUT2D eigenvalue weighted by Gasteiger charge is 2.17. The fraction of sp³-hybridized carbons (Fsp3) is 0.833. The Morgan fingerprint density at radius 3 is 2.94 bits per heavy atom. The second kappa shape index (κ2) is 6.00. The molecule has 96 valence electrons. The van der Waals surface area contributed by atoms with Crippen molar-refractivity contribution in [3.8, 4) is 0 Å². The molecule has 1 fully saturated rings. The molecule has 2 rings (SSSR count). The van der Waals surface area contributed by atoms with E-state index in [1.165, 1.54) is 32.1 Å². The van der Waals surface area contributed by atoms with Crippen LogP contribution in [0.2, 0.25) is 0 Å². The van der Waals surface area contributed by atoms with Crippen LogP contribution in [0.1, 0.15) is 44.9 Å². The largest absolute Gasteiger partial charge is 0.407 e. The normalized spacial score (nSPS) is 25.5. The van der Waals surface area contributed by atoms with Crippen molar-refractivity contribution in [2.45, 2.75) is 51.6 Å². The lowest BCUT2D eigenvalue weighted by atomic mass is 10.0. The third-order valence-corrected chi connectivity index (χ3v) is 3.38. The van der Waals surface area contributed by atoms with Crippen LogP contribution in [0, 0.1) is 5.92 Å². The van der Waals surface area contributed by atoms with Gasteiger partial charge in [0.2, 0.25) is 5.89 Å². The van der Waals surface area contributed by atoms with E-state index in [0.717, 1.165) is 5.92 Å². The summed E-state index contributed by atoms with van der Waals surface area (Å²) in [7, 11) is 1.87. The van der Waals surface area contributed by atoms with Crippen molar-refractivity contribution in [1.29, 1.82) is 0 Å². The molecule has 0 aliphatic heterocycles. The van der Waals surface area contributed by atoms with Gasteiger partial charge in [-0.25, -0.2) is 0 Å². The molecule has 5 heteroatoms. The van der Waals surface area contributed by atoms with Crippen LogP contribution >= 0.6 is 0 Å². The molecule has 0 spiro atoms. The maximum Gasteiger partial charge on any atom is 0.315 e. The third kappa shape index (κ3) is 3.70. The van der Waals surface area contributed by atoms with Crippen LogP contribution in [0.4, 0.5) is 6.01 Å². The van der Waals surface area contributed by atoms with Crippen LogP contribution in [0.5, 0.6) is 0 Å². The highest BCUT2D eigenvalue weighted by Crippen LogP contribution is 2.24. The van der Waals surface area contributed by atoms with E-state index in [9.17, 15) is 0 Å². The molecule has 0 bridgehead atoms. The smallest absolute Gasteiger partial charge is 0.315 e. The summed E-state index contributed by atoms with van der Waals surface area (Å²) in [6, 6.07) is 1.05. The van der Waals surface area contributed by atoms with Gasteiger partial charge in [0, 0.05) is 6.04 Å². The van der Waals surface area contributed by atoms with Gasteiger partial charge in [0.1, 0.15) is 0 Å². The average Bonchev–Trinajstić information content (AvgIpc) is 2.63. The fourth-order valence-corrected chi connectivity index (χ4v) is 2.34. The van der Waals surface area contributed by atoms with E-state index in [1.807, 2.05) is 7.05 Å². The summed E-state index contributed by atoms with van der Waals surface area (Å²) in [5.41, 5.74) is 0. The predicted octanol–water partition coefficient (Wildman–Crippen LogP) is 2.17. The van der Waals surface area contributed by atoms with Gasteiger partial charge in [-0.3, -0.25) is 0 Å². The lowest BCUT2D eigenvalue weighted by Gasteiger charge is -2.13. The minimum atomic E-state index is 0.489. The number of nitrogens with zero attached hydrogens (tertiary/aromatic N) is 2. The van der Waals surface area contributed by atoms with Gasteiger partial charge in [-0.15, -0.1) is 5.10 Å². The van der Waals surface area contributed by atoms with Gasteiger partial charge in [-0.1, -0.05) is 24.9 Å². The van der Waals surface area contributed by atoms with Gasteiger partial charge in [0.25, 0.3) is 0 Å². The van der Waals surface area contributed by atoms with Gasteiger partial charge in [0.05, 0.1) is 6.54 Å². The van der Waals surface area contributed by atoms with Gasteiger partial charge in [-0.05, 0) is 32.2 Å². The summed E-state index contributed by atoms with van der Waals surface area (Å²) in [5, 5.41) is 14.3. The summed E-state index contributed by atoms with van der Waals surface area (Å²) in [6.07, 6.45) is 6.32. The maximum atomic E-state index is 5.50. The van der Waals surface area contributed by atoms with Crippen molar-refractivity contribution in [2.75, 3.05) is 12.4 Å². The Labute approximate surface area is 102 Å². The van der Waals surface area contributed by atoms with Gasteiger partial charge in [0.15, 0.2) is 0 Å². The molecular formula is C12H22N4O. The summed E-state index contributed by atoms with van der Waals surface area (Å²) < 4.78 is 5.50. The van der Waals surface area contributed by atoms with Crippen LogP contribution in [-0.2, 0) is 6.54 Å². The van der Waals surface area contributed by atoms with Gasteiger partial charge < -0.3 is 15.1 Å². The van der Waals surface area contributed by atoms with Crippen LogP contribution in [-0.4, -0.2) is 23.3 Å². The summed E-state index contributed by atoms with van der Waals surface area (Å²) in [6.45, 7) is 2.95. The molecule has 1 aromatic heterocycles. The van der Waals surface area contributed by atoms with Crippen molar-refractivity contribution < 1.29 is 4.42 Å². The van der Waals surface area contributed by atoms with E-state index in [-0.39, 0.29) is 0 Å². The fourth-order valence-electron chi connectivity index (χ4n) is 2.34. The number of aromatic nitrogens is 2. The zero-order valence-electron chi connectivity index (χ0n) is 10.7. The Hall–Kier alpha value is -1.10. The summed E-state index contributed by atoms with van der Waals surface area (Å²) >= 11 is 0. The lowest BCUT2D eigenvalue weighted by molar-refractivity contribution is 0.475. The second-order valence-electron chi connectivity index (χ2n) is 4.99. The molecule has 1 aromatic rings. The summed E-state index contributed by atoms with van der Waals surface area (Å²) in [4.78, 5) is 0. The van der Waals surface area contributed by atoms with Gasteiger partial charge in [-0.2, -0.15) is 0 Å². The molecule has 0 saturated heterocycles. The Morgan fingerprint density at radius 2 is 2.12 bits per heavy atom. The first-order valence-electron chi connectivity index (χ1n) is 6.51. The molecule has 1 aliphatic carbocycles. The van der Waals surface area contributed by atoms with E-state index in [4.69, 9.17) is 4.42 Å². The monoisotopic (exact) mass is 238 g/mol. The quantitative estimate of drug-likeness (QED) is 0.787. The Kier molecular flexibility index (Phi) is 4.36. The lowest BCUT2D eigenvalue weighted by Crippen LogP contribution is -2.18. The van der Waals surface area contributed by atoms with E-state index < -0.39 is 0 Å². The zero-order valence-corrected chi connectivity index (χ0v) is 10.7. The van der Waals surface area contributed by atoms with Crippen molar-refractivity contribution in [3.05, 3.63) is 5.89 Å². The highest BCUT2D eigenvalue weighted by atomic mass is 16.4. The Bertz CT molecular complexity index is 339. The molecule has 1 saturated carbocycles. The van der Waals surface area contributed by atoms with Crippen LogP contribution in [0.15, 0.2) is 4.42 Å². The van der Waals surface area contributed by atoms with Crippen molar-refractivity contribution in [3.63, 3.8) is 0 Å². The van der Waals surface area contributed by atoms with E-state index >= 15 is 0 Å². The Morgan fingerprint density at radius 1 is 1.24 bits per heavy atom. The number of rotatable bonds is 4. The number of hydrogen-bond acceptors (Lipinski definition) is 5. The first kappa shape index (κ1) is 12.4. The standard InChI is InChI=1S/C12H22N4O/c1-9-4-3-5-10(7-6-9)14-12-16-15-11(17-12)8-13-2/h9-10,13H,3-8H2,1-2H3,(H,14,16). The maximum absolute atomic E-state index is 5.50. The van der Waals surface area contributed by atoms with E-state index in [1.54, 1.807) is 0 Å². The number of hydrogen-bond donors (Lipinski definition) is 2. The first-order valence-corrected chi connectivity index (χ1v) is 6.51. The van der Waals surface area contributed by atoms with E-state index in [0.29, 0.717) is 24.5 Å². The molecule has 1 aliphatic rings. The molecular weight excluding hydrogens is 216 g/mol. The molecule has 2 atom stereocenters. The minimum absolute atomic E-state index is 0.489. The second-order valence-corrected chi connectivity index (χ2v) is 4.99. The van der Waals surface area contributed by atoms with Crippen molar-refractivity contribution in [2.24, 2.45) is 5.92 Å². The molecule has 2 unspecified atom stereocenters.